The van der Waals surface area contributed by atoms with E-state index in [1.54, 1.807) is 24.9 Å². The minimum Gasteiger partial charge on any atom is -0.465 e. The lowest BCUT2D eigenvalue weighted by Crippen LogP contribution is -2.28. The van der Waals surface area contributed by atoms with Crippen molar-refractivity contribution in [3.63, 3.8) is 0 Å². The summed E-state index contributed by atoms with van der Waals surface area (Å²) in [6, 6.07) is 9.76. The number of carbonyl (C=O) groups excluding carboxylic acids is 2. The zero-order valence-corrected chi connectivity index (χ0v) is 18.7. The van der Waals surface area contributed by atoms with Crippen molar-refractivity contribution in [2.75, 3.05) is 13.2 Å². The van der Waals surface area contributed by atoms with Gasteiger partial charge in [-0.1, -0.05) is 39.0 Å². The van der Waals surface area contributed by atoms with Crippen LogP contribution in [0.3, 0.4) is 0 Å². The van der Waals surface area contributed by atoms with Crippen LogP contribution in [0.2, 0.25) is 0 Å². The predicted octanol–water partition coefficient (Wildman–Crippen LogP) is 4.97. The Morgan fingerprint density at radius 1 is 1.23 bits per heavy atom. The molecule has 1 N–H and O–H groups in total. The van der Waals surface area contributed by atoms with E-state index in [1.165, 1.54) is 0 Å². The van der Waals surface area contributed by atoms with E-state index in [9.17, 15) is 9.59 Å². The van der Waals surface area contributed by atoms with Gasteiger partial charge in [0.2, 0.25) is 0 Å². The molecule has 1 aromatic carbocycles. The molecular formula is C25H28N2O4. The number of esters is 1. The fourth-order valence-electron chi connectivity index (χ4n) is 3.95. The molecule has 1 aliphatic rings. The van der Waals surface area contributed by atoms with Gasteiger partial charge in [-0.15, -0.1) is 0 Å². The number of nitrogens with zero attached hydrogens (tertiary/aromatic N) is 1. The molecule has 31 heavy (non-hydrogen) atoms. The number of ether oxygens (including phenoxy) is 1. The largest absolute Gasteiger partial charge is 0.465 e. The second-order valence-corrected chi connectivity index (χ2v) is 8.87. The van der Waals surface area contributed by atoms with Gasteiger partial charge in [0.05, 0.1) is 23.4 Å². The third-order valence-corrected chi connectivity index (χ3v) is 5.61. The molecular weight excluding hydrogens is 392 g/mol. The summed E-state index contributed by atoms with van der Waals surface area (Å²) in [5.74, 6) is 0.700. The average molecular weight is 421 g/mol. The van der Waals surface area contributed by atoms with Gasteiger partial charge in [0, 0.05) is 29.1 Å². The summed E-state index contributed by atoms with van der Waals surface area (Å²) in [4.78, 5) is 31.2. The molecule has 0 spiro atoms. The predicted molar refractivity (Wildman–Crippen MR) is 120 cm³/mol. The first kappa shape index (κ1) is 21.0. The van der Waals surface area contributed by atoms with Gasteiger partial charge in [0.15, 0.2) is 0 Å². The van der Waals surface area contributed by atoms with Gasteiger partial charge < -0.3 is 19.0 Å². The second-order valence-electron chi connectivity index (χ2n) is 8.87. The van der Waals surface area contributed by atoms with Gasteiger partial charge >= 0.3 is 5.97 Å². The molecule has 0 saturated carbocycles. The Bertz CT molecular complexity index is 1190. The van der Waals surface area contributed by atoms with Crippen LogP contribution in [0.15, 0.2) is 40.9 Å². The van der Waals surface area contributed by atoms with Crippen LogP contribution in [0.1, 0.15) is 60.8 Å². The smallest absolute Gasteiger partial charge is 0.341 e. The van der Waals surface area contributed by atoms with Crippen molar-refractivity contribution < 1.29 is 18.7 Å². The van der Waals surface area contributed by atoms with E-state index >= 15 is 0 Å². The number of amides is 1. The van der Waals surface area contributed by atoms with Crippen LogP contribution >= 0.6 is 0 Å². The number of nitrogens with one attached hydrogen (secondary N) is 1. The Morgan fingerprint density at radius 2 is 1.97 bits per heavy atom. The lowest BCUT2D eigenvalue weighted by molar-refractivity contribution is -0.136. The van der Waals surface area contributed by atoms with E-state index in [-0.39, 0.29) is 17.9 Å². The maximum absolute atomic E-state index is 13.4. The molecule has 0 atom stereocenters. The van der Waals surface area contributed by atoms with Crippen molar-refractivity contribution in [1.82, 2.24) is 9.88 Å². The summed E-state index contributed by atoms with van der Waals surface area (Å²) in [7, 11) is 0. The molecule has 3 heterocycles. The summed E-state index contributed by atoms with van der Waals surface area (Å²) in [6.45, 7) is 10.4. The monoisotopic (exact) mass is 420 g/mol. The molecule has 1 amide bonds. The van der Waals surface area contributed by atoms with E-state index in [0.29, 0.717) is 35.6 Å². The molecule has 2 aromatic heterocycles. The highest BCUT2D eigenvalue weighted by molar-refractivity contribution is 6.18. The molecule has 162 valence electrons. The molecule has 0 saturated heterocycles. The normalized spacial score (nSPS) is 14.2. The minimum absolute atomic E-state index is 0.187. The van der Waals surface area contributed by atoms with Crippen molar-refractivity contribution in [3.8, 4) is 0 Å². The molecule has 4 rings (SSSR count). The number of fused-ring (bicyclic) bond motifs is 3. The van der Waals surface area contributed by atoms with Crippen LogP contribution in [0.5, 0.6) is 0 Å². The number of para-hydroxylation sites is 1. The summed E-state index contributed by atoms with van der Waals surface area (Å²) in [5.41, 5.74) is 3.36. The van der Waals surface area contributed by atoms with Crippen molar-refractivity contribution in [1.29, 1.82) is 0 Å². The van der Waals surface area contributed by atoms with Crippen molar-refractivity contribution in [2.24, 2.45) is 0 Å². The molecule has 3 aromatic rings. The number of carbonyl (C=O) groups is 2. The van der Waals surface area contributed by atoms with Gasteiger partial charge in [-0.3, -0.25) is 4.79 Å². The van der Waals surface area contributed by atoms with Crippen LogP contribution < -0.4 is 0 Å². The van der Waals surface area contributed by atoms with Crippen LogP contribution in [-0.4, -0.2) is 34.9 Å². The lowest BCUT2D eigenvalue weighted by Gasteiger charge is -2.17. The average Bonchev–Trinajstić information content (AvgIpc) is 3.23. The Kier molecular flexibility index (Phi) is 5.25. The molecule has 6 nitrogen and oxygen atoms in total. The van der Waals surface area contributed by atoms with E-state index in [2.05, 4.69) is 4.98 Å². The number of hydrogen-bond acceptors (Lipinski definition) is 4. The third-order valence-electron chi connectivity index (χ3n) is 5.61. The number of aromatic nitrogens is 1. The maximum atomic E-state index is 13.4. The van der Waals surface area contributed by atoms with Gasteiger partial charge in [-0.05, 0) is 38.0 Å². The zero-order chi connectivity index (χ0) is 22.3. The molecule has 0 aliphatic carbocycles. The lowest BCUT2D eigenvalue weighted by atomic mass is 9.93. The van der Waals surface area contributed by atoms with Gasteiger partial charge in [-0.25, -0.2) is 4.79 Å². The van der Waals surface area contributed by atoms with Gasteiger partial charge in [0.1, 0.15) is 11.5 Å². The molecule has 0 bridgehead atoms. The number of benzene rings is 1. The van der Waals surface area contributed by atoms with Crippen molar-refractivity contribution in [2.45, 2.75) is 46.5 Å². The fourth-order valence-corrected chi connectivity index (χ4v) is 3.95. The van der Waals surface area contributed by atoms with Crippen LogP contribution in [0.4, 0.5) is 0 Å². The van der Waals surface area contributed by atoms with E-state index < -0.39 is 5.97 Å². The third kappa shape index (κ3) is 3.78. The van der Waals surface area contributed by atoms with Crippen molar-refractivity contribution in [3.05, 3.63) is 64.9 Å². The van der Waals surface area contributed by atoms with Crippen LogP contribution in [0, 0.1) is 6.92 Å². The highest BCUT2D eigenvalue weighted by Crippen LogP contribution is 2.33. The highest BCUT2D eigenvalue weighted by Gasteiger charge is 2.30. The summed E-state index contributed by atoms with van der Waals surface area (Å²) in [6.07, 6.45) is 2.23. The fraction of sp³-hybridized carbons (Fsp3) is 0.360. The molecule has 0 radical (unpaired) electrons. The molecule has 6 heteroatoms. The highest BCUT2D eigenvalue weighted by atomic mass is 16.5. The van der Waals surface area contributed by atoms with Crippen molar-refractivity contribution >= 4 is 28.4 Å². The van der Waals surface area contributed by atoms with Crippen LogP contribution in [-0.2, 0) is 21.4 Å². The number of hydrogen-bond donors (Lipinski definition) is 1. The molecule has 1 aliphatic heterocycles. The summed E-state index contributed by atoms with van der Waals surface area (Å²) < 4.78 is 11.2. The van der Waals surface area contributed by atoms with Crippen LogP contribution in [0.25, 0.3) is 16.5 Å². The summed E-state index contributed by atoms with van der Waals surface area (Å²) >= 11 is 0. The Hall–Kier alpha value is -3.28. The second kappa shape index (κ2) is 7.76. The first-order valence-electron chi connectivity index (χ1n) is 10.6. The van der Waals surface area contributed by atoms with Gasteiger partial charge in [0.25, 0.3) is 5.91 Å². The SMILES string of the molecule is CCOC(=O)C1=CN(C(=O)c2cc(C(C)(C)C)oc2C)CCc2c1[nH]c1ccccc21. The number of H-pyrrole nitrogens is 1. The Morgan fingerprint density at radius 3 is 2.65 bits per heavy atom. The van der Waals surface area contributed by atoms with E-state index in [4.69, 9.17) is 9.15 Å². The van der Waals surface area contributed by atoms with E-state index in [0.717, 1.165) is 22.2 Å². The Labute approximate surface area is 181 Å². The first-order chi connectivity index (χ1) is 14.7. The molecule has 0 unspecified atom stereocenters. The number of aryl methyl sites for hydroxylation is 1. The number of furan rings is 1. The standard InChI is InChI=1S/C25H28N2O4/c1-6-30-24(29)19-14-27(23(28)18-13-21(25(3,4)5)31-15(18)2)12-11-17-16-9-7-8-10-20(16)26-22(17)19/h7-10,13-14,26H,6,11-12H2,1-5H3. The maximum Gasteiger partial charge on any atom is 0.341 e. The first-order valence-corrected chi connectivity index (χ1v) is 10.6. The Balaban J connectivity index is 1.78. The number of aromatic amines is 1. The van der Waals surface area contributed by atoms with E-state index in [1.807, 2.05) is 51.1 Å². The zero-order valence-electron chi connectivity index (χ0n) is 18.7. The molecule has 0 fully saturated rings. The topological polar surface area (TPSA) is 75.5 Å². The summed E-state index contributed by atoms with van der Waals surface area (Å²) in [5, 5.41) is 1.05. The minimum atomic E-state index is -0.450. The number of rotatable bonds is 3. The van der Waals surface area contributed by atoms with Gasteiger partial charge in [-0.2, -0.15) is 0 Å². The quantitative estimate of drug-likeness (QED) is 0.607.